The first kappa shape index (κ1) is 21.2. The molecule has 32 heavy (non-hydrogen) atoms. The molecular weight excluding hydrogens is 412 g/mol. The zero-order valence-corrected chi connectivity index (χ0v) is 19.0. The second-order valence-corrected chi connectivity index (χ2v) is 9.33. The molecule has 1 fully saturated rings. The minimum atomic E-state index is 0.517. The van der Waals surface area contributed by atoms with Gasteiger partial charge in [-0.3, -0.25) is 0 Å². The highest BCUT2D eigenvalue weighted by molar-refractivity contribution is 6.30. The van der Waals surface area contributed by atoms with Crippen LogP contribution in [0.15, 0.2) is 84.9 Å². The number of halogens is 1. The van der Waals surface area contributed by atoms with Crippen LogP contribution in [0.4, 0.5) is 0 Å². The summed E-state index contributed by atoms with van der Waals surface area (Å²) in [5.41, 5.74) is 12.9. The number of rotatable bonds is 6. The molecule has 0 aromatic heterocycles. The molecule has 0 amide bonds. The van der Waals surface area contributed by atoms with Crippen LogP contribution in [0.3, 0.4) is 0 Å². The predicted octanol–water partition coefficient (Wildman–Crippen LogP) is 6.24. The molecule has 3 heteroatoms. The highest BCUT2D eigenvalue weighted by Gasteiger charge is 2.28. The Labute approximate surface area is 195 Å². The van der Waals surface area contributed by atoms with Gasteiger partial charge in [0, 0.05) is 11.6 Å². The van der Waals surface area contributed by atoms with Gasteiger partial charge in [-0.15, -0.1) is 0 Å². The third-order valence-corrected chi connectivity index (χ3v) is 7.13. The molecule has 0 bridgehead atoms. The van der Waals surface area contributed by atoms with Crippen molar-refractivity contribution < 1.29 is 0 Å². The van der Waals surface area contributed by atoms with Gasteiger partial charge in [0.15, 0.2) is 0 Å². The lowest BCUT2D eigenvalue weighted by Crippen LogP contribution is -2.18. The predicted molar refractivity (Wildman–Crippen MR) is 136 cm³/mol. The van der Waals surface area contributed by atoms with E-state index in [0.29, 0.717) is 18.4 Å². The summed E-state index contributed by atoms with van der Waals surface area (Å²) in [7, 11) is 0. The van der Waals surface area contributed by atoms with Gasteiger partial charge in [0.1, 0.15) is 0 Å². The molecule has 4 aromatic rings. The Morgan fingerprint density at radius 3 is 2.25 bits per heavy atom. The Balaban J connectivity index is 1.56. The van der Waals surface area contributed by atoms with Gasteiger partial charge >= 0.3 is 0 Å². The Morgan fingerprint density at radius 1 is 0.812 bits per heavy atom. The van der Waals surface area contributed by atoms with E-state index in [-0.39, 0.29) is 0 Å². The molecule has 1 saturated heterocycles. The molecule has 0 saturated carbocycles. The summed E-state index contributed by atoms with van der Waals surface area (Å²) < 4.78 is 0. The van der Waals surface area contributed by atoms with Crippen LogP contribution >= 0.6 is 11.6 Å². The molecule has 1 aliphatic heterocycles. The first-order valence-electron chi connectivity index (χ1n) is 11.5. The lowest BCUT2D eigenvalue weighted by Gasteiger charge is -2.23. The monoisotopic (exact) mass is 440 g/mol. The number of hydrogen-bond acceptors (Lipinski definition) is 2. The second-order valence-electron chi connectivity index (χ2n) is 8.89. The van der Waals surface area contributed by atoms with Crippen LogP contribution in [0.5, 0.6) is 0 Å². The van der Waals surface area contributed by atoms with Gasteiger partial charge in [-0.1, -0.05) is 84.4 Å². The Kier molecular flexibility index (Phi) is 6.27. The van der Waals surface area contributed by atoms with Crippen LogP contribution in [0.2, 0.25) is 5.02 Å². The Morgan fingerprint density at radius 2 is 1.50 bits per heavy atom. The molecule has 1 aliphatic rings. The smallest absolute Gasteiger partial charge is 0.0406 e. The van der Waals surface area contributed by atoms with Crippen LogP contribution in [-0.2, 0) is 19.4 Å². The van der Waals surface area contributed by atoms with Crippen molar-refractivity contribution in [2.75, 3.05) is 13.1 Å². The molecule has 5 rings (SSSR count). The Bertz CT molecular complexity index is 1200. The van der Waals surface area contributed by atoms with Gasteiger partial charge in [0.2, 0.25) is 0 Å². The van der Waals surface area contributed by atoms with Gasteiger partial charge in [-0.25, -0.2) is 0 Å². The van der Waals surface area contributed by atoms with E-state index < -0.39 is 0 Å². The lowest BCUT2D eigenvalue weighted by atomic mass is 9.81. The fourth-order valence-corrected chi connectivity index (χ4v) is 5.43. The van der Waals surface area contributed by atoms with E-state index in [2.05, 4.69) is 78.1 Å². The van der Waals surface area contributed by atoms with Gasteiger partial charge in [0.25, 0.3) is 0 Å². The summed E-state index contributed by atoms with van der Waals surface area (Å²) in [4.78, 5) is 0. The fraction of sp³-hybridized carbons (Fsp3) is 0.241. The molecule has 0 radical (unpaired) electrons. The summed E-state index contributed by atoms with van der Waals surface area (Å²) in [6.45, 7) is 2.65. The van der Waals surface area contributed by atoms with Gasteiger partial charge in [-0.2, -0.15) is 0 Å². The van der Waals surface area contributed by atoms with E-state index in [9.17, 15) is 0 Å². The highest BCUT2D eigenvalue weighted by Crippen LogP contribution is 2.37. The van der Waals surface area contributed by atoms with Crippen molar-refractivity contribution in [3.8, 4) is 11.1 Å². The average Bonchev–Trinajstić information content (AvgIpc) is 3.26. The number of nitrogens with one attached hydrogen (secondary N) is 1. The minimum Gasteiger partial charge on any atom is -0.326 e. The molecule has 0 unspecified atom stereocenters. The first-order chi connectivity index (χ1) is 15.7. The third kappa shape index (κ3) is 4.31. The largest absolute Gasteiger partial charge is 0.326 e. The van der Waals surface area contributed by atoms with E-state index >= 15 is 0 Å². The quantitative estimate of drug-likeness (QED) is 0.372. The fourth-order valence-electron chi connectivity index (χ4n) is 5.30. The molecular formula is C29H29ClN2. The van der Waals surface area contributed by atoms with Crippen molar-refractivity contribution >= 4 is 22.4 Å². The Hall–Kier alpha value is -2.65. The molecule has 4 aromatic carbocycles. The summed E-state index contributed by atoms with van der Waals surface area (Å²) >= 11 is 6.21. The SMILES string of the molecule is NCc1c(-c2ccc(Cl)cc2)c(C[C@H]2CNC[C@@H]2Cc2ccccc2)cc2ccccc12. The van der Waals surface area contributed by atoms with Crippen LogP contribution in [0, 0.1) is 11.8 Å². The maximum Gasteiger partial charge on any atom is 0.0406 e. The molecule has 2 atom stereocenters. The van der Waals surface area contributed by atoms with Crippen molar-refractivity contribution in [2.24, 2.45) is 17.6 Å². The van der Waals surface area contributed by atoms with Gasteiger partial charge in [-0.05, 0) is 88.5 Å². The first-order valence-corrected chi connectivity index (χ1v) is 11.8. The summed E-state index contributed by atoms with van der Waals surface area (Å²) in [5, 5.41) is 6.93. The van der Waals surface area contributed by atoms with E-state index in [0.717, 1.165) is 31.0 Å². The van der Waals surface area contributed by atoms with E-state index in [1.165, 1.54) is 38.6 Å². The standard InChI is InChI=1S/C29H29ClN2/c30-26-12-10-21(11-13-26)29-23(15-22-8-4-5-9-27(22)28(29)17-31)16-25-19-32-18-24(25)14-20-6-2-1-3-7-20/h1-13,15,24-25,32H,14,16-19,31H2/t24-,25-/m0/s1. The van der Waals surface area contributed by atoms with Crippen molar-refractivity contribution in [2.45, 2.75) is 19.4 Å². The molecule has 3 N–H and O–H groups in total. The van der Waals surface area contributed by atoms with Crippen LogP contribution in [-0.4, -0.2) is 13.1 Å². The molecule has 162 valence electrons. The molecule has 0 spiro atoms. The topological polar surface area (TPSA) is 38.0 Å². The van der Waals surface area contributed by atoms with Crippen molar-refractivity contribution in [1.29, 1.82) is 0 Å². The number of benzene rings is 4. The number of nitrogens with two attached hydrogens (primary N) is 1. The van der Waals surface area contributed by atoms with E-state index in [4.69, 9.17) is 17.3 Å². The summed E-state index contributed by atoms with van der Waals surface area (Å²) in [6, 6.07) is 30.1. The summed E-state index contributed by atoms with van der Waals surface area (Å²) in [5.74, 6) is 1.22. The second kappa shape index (κ2) is 9.46. The molecule has 2 nitrogen and oxygen atoms in total. The maximum absolute atomic E-state index is 6.35. The molecule has 0 aliphatic carbocycles. The zero-order chi connectivity index (χ0) is 21.9. The lowest BCUT2D eigenvalue weighted by molar-refractivity contribution is 0.415. The minimum absolute atomic E-state index is 0.517. The summed E-state index contributed by atoms with van der Waals surface area (Å²) in [6.07, 6.45) is 2.16. The number of hydrogen-bond donors (Lipinski definition) is 2. The van der Waals surface area contributed by atoms with Crippen molar-refractivity contribution in [3.63, 3.8) is 0 Å². The normalized spacial score (nSPS) is 18.3. The average molecular weight is 441 g/mol. The molecule has 1 heterocycles. The number of fused-ring (bicyclic) bond motifs is 1. The van der Waals surface area contributed by atoms with Crippen LogP contribution < -0.4 is 11.1 Å². The zero-order valence-electron chi connectivity index (χ0n) is 18.2. The maximum atomic E-state index is 6.35. The third-order valence-electron chi connectivity index (χ3n) is 6.88. The highest BCUT2D eigenvalue weighted by atomic mass is 35.5. The van der Waals surface area contributed by atoms with Crippen molar-refractivity contribution in [3.05, 3.63) is 107 Å². The van der Waals surface area contributed by atoms with Crippen LogP contribution in [0.1, 0.15) is 16.7 Å². The van der Waals surface area contributed by atoms with Crippen molar-refractivity contribution in [1.82, 2.24) is 5.32 Å². The van der Waals surface area contributed by atoms with Gasteiger partial charge < -0.3 is 11.1 Å². The van der Waals surface area contributed by atoms with E-state index in [1.807, 2.05) is 12.1 Å². The van der Waals surface area contributed by atoms with E-state index in [1.54, 1.807) is 0 Å². The van der Waals surface area contributed by atoms with Gasteiger partial charge in [0.05, 0.1) is 0 Å². The van der Waals surface area contributed by atoms with Crippen LogP contribution in [0.25, 0.3) is 21.9 Å².